The van der Waals surface area contributed by atoms with Gasteiger partial charge in [0.1, 0.15) is 0 Å². The zero-order valence-electron chi connectivity index (χ0n) is 15.5. The number of carbonyl (C=O) groups excluding carboxylic acids is 2. The highest BCUT2D eigenvalue weighted by Crippen LogP contribution is 2.33. The lowest BCUT2D eigenvalue weighted by Gasteiger charge is -2.06. The van der Waals surface area contributed by atoms with Gasteiger partial charge in [-0.25, -0.2) is 4.79 Å². The number of esters is 1. The standard InChI is InChI=1S/C20H17NO8/c1-12(13-2-4-16-18(6-13)27-10-25-16)21-29-9-20(23)24-8-15(22)14-3-5-17-19(7-14)28-11-26-17/h2-7H,8-11H2,1H3. The fourth-order valence-electron chi connectivity index (χ4n) is 2.70. The van der Waals surface area contributed by atoms with Gasteiger partial charge in [-0.15, -0.1) is 0 Å². The Bertz CT molecular complexity index is 984. The molecule has 9 heteroatoms. The van der Waals surface area contributed by atoms with Gasteiger partial charge < -0.3 is 28.5 Å². The van der Waals surface area contributed by atoms with Crippen LogP contribution in [0, 0.1) is 0 Å². The number of oxime groups is 1. The molecular weight excluding hydrogens is 382 g/mol. The van der Waals surface area contributed by atoms with Crippen molar-refractivity contribution < 1.29 is 38.1 Å². The molecule has 150 valence electrons. The summed E-state index contributed by atoms with van der Waals surface area (Å²) in [6, 6.07) is 10.1. The van der Waals surface area contributed by atoms with E-state index in [0.717, 1.165) is 5.56 Å². The van der Waals surface area contributed by atoms with Crippen molar-refractivity contribution in [1.82, 2.24) is 0 Å². The highest BCUT2D eigenvalue weighted by Gasteiger charge is 2.18. The van der Waals surface area contributed by atoms with Crippen molar-refractivity contribution in [2.75, 3.05) is 26.8 Å². The Morgan fingerprint density at radius 3 is 2.14 bits per heavy atom. The number of hydrogen-bond acceptors (Lipinski definition) is 9. The van der Waals surface area contributed by atoms with Crippen LogP contribution in [0.5, 0.6) is 23.0 Å². The average Bonchev–Trinajstić information content (AvgIpc) is 3.39. The fraction of sp³-hybridized carbons (Fsp3) is 0.250. The number of carbonyl (C=O) groups is 2. The first-order valence-corrected chi connectivity index (χ1v) is 8.75. The molecule has 0 aliphatic carbocycles. The Hall–Kier alpha value is -3.75. The highest BCUT2D eigenvalue weighted by atomic mass is 16.7. The van der Waals surface area contributed by atoms with Crippen LogP contribution in [0.1, 0.15) is 22.8 Å². The summed E-state index contributed by atoms with van der Waals surface area (Å²) in [6.45, 7) is 1.20. The first-order valence-electron chi connectivity index (χ1n) is 8.75. The Kier molecular flexibility index (Phi) is 5.19. The van der Waals surface area contributed by atoms with Crippen LogP contribution >= 0.6 is 0 Å². The first-order chi connectivity index (χ1) is 14.1. The van der Waals surface area contributed by atoms with Crippen LogP contribution in [0.2, 0.25) is 0 Å². The van der Waals surface area contributed by atoms with E-state index in [9.17, 15) is 9.59 Å². The van der Waals surface area contributed by atoms with E-state index < -0.39 is 19.2 Å². The molecule has 29 heavy (non-hydrogen) atoms. The Labute approximate surface area is 165 Å². The smallest absolute Gasteiger partial charge is 0.347 e. The van der Waals surface area contributed by atoms with Crippen molar-refractivity contribution in [2.45, 2.75) is 6.92 Å². The summed E-state index contributed by atoms with van der Waals surface area (Å²) in [5.74, 6) is 1.27. The predicted octanol–water partition coefficient (Wildman–Crippen LogP) is 2.31. The molecule has 0 saturated heterocycles. The van der Waals surface area contributed by atoms with Gasteiger partial charge >= 0.3 is 5.97 Å². The summed E-state index contributed by atoms with van der Waals surface area (Å²) < 4.78 is 25.9. The van der Waals surface area contributed by atoms with E-state index in [2.05, 4.69) is 5.16 Å². The second kappa shape index (κ2) is 8.09. The summed E-state index contributed by atoms with van der Waals surface area (Å²) in [6.07, 6.45) is 0. The molecule has 2 heterocycles. The minimum atomic E-state index is -0.707. The number of hydrogen-bond donors (Lipinski definition) is 0. The zero-order valence-corrected chi connectivity index (χ0v) is 15.5. The van der Waals surface area contributed by atoms with E-state index in [4.69, 9.17) is 28.5 Å². The summed E-state index contributed by atoms with van der Waals surface area (Å²) in [5.41, 5.74) is 1.67. The molecule has 0 bridgehead atoms. The molecule has 2 aliphatic rings. The molecule has 0 fully saturated rings. The third-order valence-corrected chi connectivity index (χ3v) is 4.23. The maximum atomic E-state index is 12.1. The summed E-state index contributed by atoms with van der Waals surface area (Å²) >= 11 is 0. The van der Waals surface area contributed by atoms with Gasteiger partial charge in [0.25, 0.3) is 0 Å². The van der Waals surface area contributed by atoms with Gasteiger partial charge in [-0.2, -0.15) is 0 Å². The van der Waals surface area contributed by atoms with Gasteiger partial charge in [-0.3, -0.25) is 4.79 Å². The lowest BCUT2D eigenvalue weighted by Crippen LogP contribution is -2.17. The third-order valence-electron chi connectivity index (χ3n) is 4.23. The van der Waals surface area contributed by atoms with Gasteiger partial charge in [0.05, 0.1) is 5.71 Å². The minimum Gasteiger partial charge on any atom is -0.455 e. The molecule has 0 aromatic heterocycles. The van der Waals surface area contributed by atoms with E-state index >= 15 is 0 Å². The second-order valence-electron chi connectivity index (χ2n) is 6.17. The summed E-state index contributed by atoms with van der Waals surface area (Å²) in [7, 11) is 0. The summed E-state index contributed by atoms with van der Waals surface area (Å²) in [5, 5.41) is 3.89. The number of ether oxygens (including phenoxy) is 5. The van der Waals surface area contributed by atoms with E-state index in [1.165, 1.54) is 0 Å². The first kappa shape index (κ1) is 18.6. The van der Waals surface area contributed by atoms with E-state index in [1.54, 1.807) is 43.3 Å². The maximum Gasteiger partial charge on any atom is 0.347 e. The molecule has 2 aliphatic heterocycles. The number of rotatable bonds is 7. The quantitative estimate of drug-likeness (QED) is 0.303. The van der Waals surface area contributed by atoms with Crippen LogP contribution in [-0.4, -0.2) is 44.3 Å². The van der Waals surface area contributed by atoms with Crippen LogP contribution in [0.3, 0.4) is 0 Å². The SMILES string of the molecule is CC(=NOCC(=O)OCC(=O)c1ccc2c(c1)OCO2)c1ccc2c(c1)OCO2. The Morgan fingerprint density at radius 2 is 1.45 bits per heavy atom. The number of fused-ring (bicyclic) bond motifs is 2. The highest BCUT2D eigenvalue weighted by molar-refractivity contribution is 5.99. The van der Waals surface area contributed by atoms with Crippen LogP contribution in [0.25, 0.3) is 0 Å². The minimum absolute atomic E-state index is 0.117. The number of ketones is 1. The maximum absolute atomic E-state index is 12.1. The molecule has 9 nitrogen and oxygen atoms in total. The van der Waals surface area contributed by atoms with Crippen molar-refractivity contribution >= 4 is 17.5 Å². The van der Waals surface area contributed by atoms with Crippen molar-refractivity contribution in [3.63, 3.8) is 0 Å². The van der Waals surface area contributed by atoms with Gasteiger partial charge in [0.2, 0.25) is 20.2 Å². The van der Waals surface area contributed by atoms with E-state index in [0.29, 0.717) is 34.3 Å². The lowest BCUT2D eigenvalue weighted by molar-refractivity contribution is -0.147. The predicted molar refractivity (Wildman–Crippen MR) is 98.6 cm³/mol. The van der Waals surface area contributed by atoms with E-state index in [1.807, 2.05) is 0 Å². The Morgan fingerprint density at radius 1 is 0.862 bits per heavy atom. The number of nitrogens with zero attached hydrogens (tertiary/aromatic N) is 1. The van der Waals surface area contributed by atoms with Crippen LogP contribution in [0.4, 0.5) is 0 Å². The topological polar surface area (TPSA) is 102 Å². The number of Topliss-reactive ketones (excluding diaryl/α,β-unsaturated/α-hetero) is 1. The van der Waals surface area contributed by atoms with Crippen LogP contribution in [-0.2, 0) is 14.4 Å². The normalized spacial score (nSPS) is 13.9. The molecule has 0 spiro atoms. The third kappa shape index (κ3) is 4.23. The largest absolute Gasteiger partial charge is 0.455 e. The molecule has 0 N–H and O–H groups in total. The molecule has 0 amide bonds. The molecule has 0 saturated carbocycles. The molecule has 4 rings (SSSR count). The van der Waals surface area contributed by atoms with Crippen molar-refractivity contribution in [3.05, 3.63) is 47.5 Å². The average molecular weight is 399 g/mol. The Balaban J connectivity index is 1.24. The zero-order chi connectivity index (χ0) is 20.2. The van der Waals surface area contributed by atoms with Crippen molar-refractivity contribution in [1.29, 1.82) is 0 Å². The van der Waals surface area contributed by atoms with Gasteiger partial charge in [-0.1, -0.05) is 5.16 Å². The monoisotopic (exact) mass is 399 g/mol. The van der Waals surface area contributed by atoms with Gasteiger partial charge in [0, 0.05) is 11.1 Å². The van der Waals surface area contributed by atoms with Gasteiger partial charge in [-0.05, 0) is 43.3 Å². The fourth-order valence-corrected chi connectivity index (χ4v) is 2.70. The van der Waals surface area contributed by atoms with Crippen LogP contribution < -0.4 is 18.9 Å². The molecule has 2 aromatic carbocycles. The van der Waals surface area contributed by atoms with E-state index in [-0.39, 0.29) is 19.4 Å². The van der Waals surface area contributed by atoms with Crippen molar-refractivity contribution in [3.8, 4) is 23.0 Å². The molecule has 0 radical (unpaired) electrons. The molecular formula is C20H17NO8. The number of benzene rings is 2. The molecule has 2 aromatic rings. The van der Waals surface area contributed by atoms with Crippen molar-refractivity contribution in [2.24, 2.45) is 5.16 Å². The summed E-state index contributed by atoms with van der Waals surface area (Å²) in [4.78, 5) is 29.0. The van der Waals surface area contributed by atoms with Gasteiger partial charge in [0.15, 0.2) is 35.4 Å². The van der Waals surface area contributed by atoms with Crippen LogP contribution in [0.15, 0.2) is 41.6 Å². The molecule has 0 unspecified atom stereocenters. The lowest BCUT2D eigenvalue weighted by atomic mass is 10.1. The second-order valence-corrected chi connectivity index (χ2v) is 6.17. The molecule has 0 atom stereocenters.